The van der Waals surface area contributed by atoms with Crippen LogP contribution in [0.25, 0.3) is 0 Å². The van der Waals surface area contributed by atoms with Gasteiger partial charge in [0.1, 0.15) is 0 Å². The van der Waals surface area contributed by atoms with Crippen molar-refractivity contribution >= 4 is 0 Å². The van der Waals surface area contributed by atoms with E-state index in [1.165, 1.54) is 6.07 Å². The van der Waals surface area contributed by atoms with Crippen LogP contribution in [0.4, 0.5) is 4.39 Å². The molecular weight excluding hydrogens is 231 g/mol. The number of ether oxygens (including phenoxy) is 1. The van der Waals surface area contributed by atoms with Gasteiger partial charge in [0, 0.05) is 18.5 Å². The third-order valence-corrected chi connectivity index (χ3v) is 2.54. The summed E-state index contributed by atoms with van der Waals surface area (Å²) < 4.78 is 19.1. The monoisotopic (exact) mass is 250 g/mol. The van der Waals surface area contributed by atoms with Crippen LogP contribution in [0.15, 0.2) is 18.2 Å². The molecule has 0 spiro atoms. The Morgan fingerprint density at radius 1 is 1.39 bits per heavy atom. The van der Waals surface area contributed by atoms with Crippen molar-refractivity contribution in [1.82, 2.24) is 5.32 Å². The third-order valence-electron chi connectivity index (χ3n) is 2.54. The van der Waals surface area contributed by atoms with Gasteiger partial charge in [0.25, 0.3) is 0 Å². The first-order valence-electron chi connectivity index (χ1n) is 6.27. The van der Waals surface area contributed by atoms with Crippen molar-refractivity contribution in [3.05, 3.63) is 29.6 Å². The lowest BCUT2D eigenvalue weighted by atomic mass is 10.2. The maximum Gasteiger partial charge on any atom is 0.165 e. The molecule has 0 bridgehead atoms. The number of nitriles is 1. The standard InChI is InChI=1S/C14H19FN2O/c1-2-17-11-12-7-6-8-13(15)14(12)18-10-5-3-4-9-16/h6-8,17H,2-5,10-11H2,1H3. The van der Waals surface area contributed by atoms with E-state index in [-0.39, 0.29) is 5.82 Å². The van der Waals surface area contributed by atoms with Crippen LogP contribution in [0.3, 0.4) is 0 Å². The second-order valence-electron chi connectivity index (χ2n) is 3.97. The van der Waals surface area contributed by atoms with Gasteiger partial charge in [-0.25, -0.2) is 4.39 Å². The summed E-state index contributed by atoms with van der Waals surface area (Å²) in [7, 11) is 0. The number of nitrogens with zero attached hydrogens (tertiary/aromatic N) is 1. The molecule has 0 aliphatic rings. The summed E-state index contributed by atoms with van der Waals surface area (Å²) in [5, 5.41) is 11.6. The van der Waals surface area contributed by atoms with Gasteiger partial charge in [-0.2, -0.15) is 5.26 Å². The van der Waals surface area contributed by atoms with Crippen LogP contribution in [-0.2, 0) is 6.54 Å². The quantitative estimate of drug-likeness (QED) is 0.721. The van der Waals surface area contributed by atoms with Crippen molar-refractivity contribution in [3.63, 3.8) is 0 Å². The van der Waals surface area contributed by atoms with Gasteiger partial charge in [0.05, 0.1) is 12.7 Å². The fourth-order valence-corrected chi connectivity index (χ4v) is 1.59. The number of halogens is 1. The van der Waals surface area contributed by atoms with E-state index < -0.39 is 0 Å². The number of hydrogen-bond acceptors (Lipinski definition) is 3. The molecule has 0 aromatic heterocycles. The first-order chi connectivity index (χ1) is 8.79. The van der Waals surface area contributed by atoms with Crippen LogP contribution >= 0.6 is 0 Å². The van der Waals surface area contributed by atoms with E-state index in [9.17, 15) is 4.39 Å². The number of hydrogen-bond donors (Lipinski definition) is 1. The Hall–Kier alpha value is -1.60. The Labute approximate surface area is 108 Å². The fourth-order valence-electron chi connectivity index (χ4n) is 1.59. The van der Waals surface area contributed by atoms with Crippen LogP contribution in [0.5, 0.6) is 5.75 Å². The average molecular weight is 250 g/mol. The Bertz CT molecular complexity index is 401. The van der Waals surface area contributed by atoms with Gasteiger partial charge >= 0.3 is 0 Å². The molecule has 0 fully saturated rings. The number of unbranched alkanes of at least 4 members (excludes halogenated alkanes) is 2. The molecule has 4 heteroatoms. The summed E-state index contributed by atoms with van der Waals surface area (Å²) >= 11 is 0. The smallest absolute Gasteiger partial charge is 0.165 e. The summed E-state index contributed by atoms with van der Waals surface area (Å²) in [5.41, 5.74) is 0.831. The molecule has 98 valence electrons. The maximum atomic E-state index is 13.6. The number of benzene rings is 1. The zero-order chi connectivity index (χ0) is 13.2. The Balaban J connectivity index is 2.54. The maximum absolute atomic E-state index is 13.6. The van der Waals surface area contributed by atoms with Gasteiger partial charge in [-0.05, 0) is 25.5 Å². The molecular formula is C14H19FN2O. The van der Waals surface area contributed by atoms with Crippen molar-refractivity contribution < 1.29 is 9.13 Å². The summed E-state index contributed by atoms with van der Waals surface area (Å²) in [5.74, 6) is 0.00101. The lowest BCUT2D eigenvalue weighted by molar-refractivity contribution is 0.289. The Kier molecular flexibility index (Phi) is 6.82. The molecule has 0 heterocycles. The molecule has 0 unspecified atom stereocenters. The molecule has 0 aliphatic carbocycles. The SMILES string of the molecule is CCNCc1cccc(F)c1OCCCCC#N. The Morgan fingerprint density at radius 2 is 2.22 bits per heavy atom. The molecule has 0 saturated carbocycles. The lowest BCUT2D eigenvalue weighted by Crippen LogP contribution is -2.13. The topological polar surface area (TPSA) is 45.0 Å². The summed E-state index contributed by atoms with van der Waals surface area (Å²) in [6.45, 7) is 3.88. The molecule has 1 aromatic rings. The first kappa shape index (κ1) is 14.5. The molecule has 1 N–H and O–H groups in total. The second-order valence-corrected chi connectivity index (χ2v) is 3.97. The normalized spacial score (nSPS) is 10.1. The summed E-state index contributed by atoms with van der Waals surface area (Å²) in [4.78, 5) is 0. The minimum Gasteiger partial charge on any atom is -0.490 e. The number of para-hydroxylation sites is 1. The van der Waals surface area contributed by atoms with E-state index in [4.69, 9.17) is 10.00 Å². The number of rotatable bonds is 8. The molecule has 1 aromatic carbocycles. The highest BCUT2D eigenvalue weighted by Gasteiger charge is 2.09. The highest BCUT2D eigenvalue weighted by Crippen LogP contribution is 2.22. The minimum absolute atomic E-state index is 0.328. The zero-order valence-corrected chi connectivity index (χ0v) is 10.7. The lowest BCUT2D eigenvalue weighted by Gasteiger charge is -2.12. The van der Waals surface area contributed by atoms with Crippen LogP contribution in [0, 0.1) is 17.1 Å². The van der Waals surface area contributed by atoms with E-state index in [0.29, 0.717) is 25.3 Å². The molecule has 18 heavy (non-hydrogen) atoms. The van der Waals surface area contributed by atoms with Crippen LogP contribution in [0.1, 0.15) is 31.7 Å². The predicted octanol–water partition coefficient (Wildman–Crippen LogP) is 3.01. The van der Waals surface area contributed by atoms with Crippen LogP contribution in [-0.4, -0.2) is 13.2 Å². The molecule has 0 radical (unpaired) electrons. The fraction of sp³-hybridized carbons (Fsp3) is 0.500. The molecule has 0 atom stereocenters. The Morgan fingerprint density at radius 3 is 2.94 bits per heavy atom. The van der Waals surface area contributed by atoms with Crippen molar-refractivity contribution in [1.29, 1.82) is 5.26 Å². The van der Waals surface area contributed by atoms with Gasteiger partial charge in [-0.15, -0.1) is 0 Å². The van der Waals surface area contributed by atoms with Crippen molar-refractivity contribution in [3.8, 4) is 11.8 Å². The average Bonchev–Trinajstić information content (AvgIpc) is 2.38. The molecule has 1 rings (SSSR count). The van der Waals surface area contributed by atoms with Crippen molar-refractivity contribution in [2.45, 2.75) is 32.7 Å². The van der Waals surface area contributed by atoms with E-state index in [1.807, 2.05) is 13.0 Å². The van der Waals surface area contributed by atoms with Gasteiger partial charge in [-0.3, -0.25) is 0 Å². The van der Waals surface area contributed by atoms with Crippen LogP contribution < -0.4 is 10.1 Å². The van der Waals surface area contributed by atoms with Gasteiger partial charge in [0.15, 0.2) is 11.6 Å². The van der Waals surface area contributed by atoms with E-state index in [0.717, 1.165) is 24.9 Å². The third kappa shape index (κ3) is 4.72. The molecule has 0 saturated heterocycles. The van der Waals surface area contributed by atoms with E-state index >= 15 is 0 Å². The molecule has 3 nitrogen and oxygen atoms in total. The predicted molar refractivity (Wildman–Crippen MR) is 68.7 cm³/mol. The van der Waals surface area contributed by atoms with Crippen molar-refractivity contribution in [2.24, 2.45) is 0 Å². The van der Waals surface area contributed by atoms with Gasteiger partial charge in [-0.1, -0.05) is 19.1 Å². The second kappa shape index (κ2) is 8.48. The van der Waals surface area contributed by atoms with Gasteiger partial charge in [0.2, 0.25) is 0 Å². The molecule has 0 aliphatic heterocycles. The van der Waals surface area contributed by atoms with E-state index in [1.54, 1.807) is 6.07 Å². The minimum atomic E-state index is -0.328. The highest BCUT2D eigenvalue weighted by atomic mass is 19.1. The number of nitrogens with one attached hydrogen (secondary N) is 1. The zero-order valence-electron chi connectivity index (χ0n) is 10.7. The summed E-state index contributed by atoms with van der Waals surface area (Å²) in [6, 6.07) is 7.02. The summed E-state index contributed by atoms with van der Waals surface area (Å²) in [6.07, 6.45) is 2.07. The first-order valence-corrected chi connectivity index (χ1v) is 6.27. The molecule has 0 amide bonds. The van der Waals surface area contributed by atoms with Crippen molar-refractivity contribution in [2.75, 3.05) is 13.2 Å². The highest BCUT2D eigenvalue weighted by molar-refractivity contribution is 5.34. The van der Waals surface area contributed by atoms with Crippen LogP contribution in [0.2, 0.25) is 0 Å². The van der Waals surface area contributed by atoms with E-state index in [2.05, 4.69) is 11.4 Å². The largest absolute Gasteiger partial charge is 0.490 e. The van der Waals surface area contributed by atoms with Gasteiger partial charge < -0.3 is 10.1 Å².